The average Bonchev–Trinajstić information content (AvgIpc) is 2.35. The molecule has 0 bridgehead atoms. The molecule has 0 saturated heterocycles. The van der Waals surface area contributed by atoms with E-state index in [9.17, 15) is 4.39 Å². The van der Waals surface area contributed by atoms with E-state index in [0.29, 0.717) is 18.0 Å². The number of rotatable bonds is 4. The number of hydrogen-bond donors (Lipinski definition) is 2. The van der Waals surface area contributed by atoms with Crippen LogP contribution in [0.25, 0.3) is 0 Å². The fourth-order valence-electron chi connectivity index (χ4n) is 1.72. The summed E-state index contributed by atoms with van der Waals surface area (Å²) in [7, 11) is 1.64. The van der Waals surface area contributed by atoms with Gasteiger partial charge in [-0.25, -0.2) is 4.39 Å². The topological polar surface area (TPSA) is 47.3 Å². The molecule has 0 aliphatic carbocycles. The molecule has 0 amide bonds. The van der Waals surface area contributed by atoms with Crippen LogP contribution in [0.3, 0.4) is 0 Å². The van der Waals surface area contributed by atoms with E-state index in [1.54, 1.807) is 13.2 Å². The van der Waals surface area contributed by atoms with Crippen LogP contribution in [0.2, 0.25) is 0 Å². The van der Waals surface area contributed by atoms with Crippen molar-refractivity contribution in [3.05, 3.63) is 53.8 Å². The predicted octanol–water partition coefficient (Wildman–Crippen LogP) is 3.30. The van der Waals surface area contributed by atoms with Gasteiger partial charge in [0.25, 0.3) is 0 Å². The molecule has 94 valence electrons. The summed E-state index contributed by atoms with van der Waals surface area (Å²) in [6.07, 6.45) is 0. The Balaban J connectivity index is 2.28. The number of nitrogen functional groups attached to an aromatic ring is 1. The maximum Gasteiger partial charge on any atom is 0.125 e. The minimum absolute atomic E-state index is 0.344. The summed E-state index contributed by atoms with van der Waals surface area (Å²) < 4.78 is 18.1. The van der Waals surface area contributed by atoms with Crippen molar-refractivity contribution in [2.24, 2.45) is 0 Å². The van der Waals surface area contributed by atoms with Crippen molar-refractivity contribution < 1.29 is 9.13 Å². The first-order valence-electron chi connectivity index (χ1n) is 5.59. The number of halogens is 1. The number of ether oxygens (including phenoxy) is 1. The van der Waals surface area contributed by atoms with Gasteiger partial charge in [0.1, 0.15) is 5.82 Å². The number of hydrogen-bond acceptors (Lipinski definition) is 3. The molecule has 18 heavy (non-hydrogen) atoms. The molecule has 2 aromatic carbocycles. The van der Waals surface area contributed by atoms with Gasteiger partial charge in [-0.2, -0.15) is 0 Å². The molecule has 0 fully saturated rings. The van der Waals surface area contributed by atoms with Gasteiger partial charge >= 0.3 is 0 Å². The molecular formula is C14H15FN2O. The van der Waals surface area contributed by atoms with E-state index in [0.717, 1.165) is 11.3 Å². The van der Waals surface area contributed by atoms with Crippen molar-refractivity contribution in [2.75, 3.05) is 18.2 Å². The van der Waals surface area contributed by atoms with E-state index in [-0.39, 0.29) is 5.82 Å². The molecule has 0 aliphatic heterocycles. The van der Waals surface area contributed by atoms with Gasteiger partial charge in [-0.15, -0.1) is 0 Å². The van der Waals surface area contributed by atoms with Crippen LogP contribution in [-0.4, -0.2) is 7.11 Å². The van der Waals surface area contributed by atoms with Gasteiger partial charge in [0.2, 0.25) is 0 Å². The Bertz CT molecular complexity index is 543. The Hall–Kier alpha value is -2.07. The second-order valence-corrected chi connectivity index (χ2v) is 3.95. The summed E-state index contributed by atoms with van der Waals surface area (Å²) >= 11 is 0. The highest BCUT2D eigenvalue weighted by atomic mass is 19.1. The Labute approximate surface area is 105 Å². The van der Waals surface area contributed by atoms with Crippen molar-refractivity contribution in [1.82, 2.24) is 0 Å². The highest BCUT2D eigenvalue weighted by Crippen LogP contribution is 2.26. The third-order valence-electron chi connectivity index (χ3n) is 2.60. The van der Waals surface area contributed by atoms with E-state index in [4.69, 9.17) is 10.5 Å². The second kappa shape index (κ2) is 5.51. The van der Waals surface area contributed by atoms with Crippen LogP contribution in [0.1, 0.15) is 5.56 Å². The molecule has 3 nitrogen and oxygen atoms in total. The first-order chi connectivity index (χ1) is 8.70. The van der Waals surface area contributed by atoms with E-state index in [2.05, 4.69) is 5.32 Å². The van der Waals surface area contributed by atoms with Crippen LogP contribution in [-0.2, 0) is 11.3 Å². The SMILES string of the molecule is COCc1ccccc1Nc1ccc(F)cc1N. The van der Waals surface area contributed by atoms with Crippen LogP contribution >= 0.6 is 0 Å². The van der Waals surface area contributed by atoms with Gasteiger partial charge in [0.05, 0.1) is 18.0 Å². The molecule has 0 unspecified atom stereocenters. The number of nitrogens with two attached hydrogens (primary N) is 1. The fraction of sp³-hybridized carbons (Fsp3) is 0.143. The van der Waals surface area contributed by atoms with Crippen LogP contribution in [0, 0.1) is 5.82 Å². The zero-order valence-electron chi connectivity index (χ0n) is 10.1. The Morgan fingerprint density at radius 3 is 2.67 bits per heavy atom. The quantitative estimate of drug-likeness (QED) is 0.814. The molecule has 0 heterocycles. The smallest absolute Gasteiger partial charge is 0.125 e. The third kappa shape index (κ3) is 2.78. The highest BCUT2D eigenvalue weighted by Gasteiger charge is 2.05. The average molecular weight is 246 g/mol. The molecule has 0 spiro atoms. The summed E-state index contributed by atoms with van der Waals surface area (Å²) in [5.74, 6) is -0.344. The minimum atomic E-state index is -0.344. The van der Waals surface area contributed by atoms with Gasteiger partial charge < -0.3 is 15.8 Å². The lowest BCUT2D eigenvalue weighted by Crippen LogP contribution is -2.00. The molecule has 4 heteroatoms. The Morgan fingerprint density at radius 1 is 1.17 bits per heavy atom. The van der Waals surface area contributed by atoms with Crippen molar-refractivity contribution in [3.63, 3.8) is 0 Å². The molecule has 3 N–H and O–H groups in total. The first kappa shape index (κ1) is 12.4. The van der Waals surface area contributed by atoms with Crippen molar-refractivity contribution in [3.8, 4) is 0 Å². The van der Waals surface area contributed by atoms with Gasteiger partial charge in [-0.1, -0.05) is 18.2 Å². The van der Waals surface area contributed by atoms with Crippen LogP contribution in [0.4, 0.5) is 21.5 Å². The minimum Gasteiger partial charge on any atom is -0.397 e. The van der Waals surface area contributed by atoms with Crippen molar-refractivity contribution in [2.45, 2.75) is 6.61 Å². The second-order valence-electron chi connectivity index (χ2n) is 3.95. The van der Waals surface area contributed by atoms with E-state index >= 15 is 0 Å². The highest BCUT2D eigenvalue weighted by molar-refractivity contribution is 5.73. The maximum atomic E-state index is 13.0. The number of para-hydroxylation sites is 1. The lowest BCUT2D eigenvalue weighted by molar-refractivity contribution is 0.185. The summed E-state index contributed by atoms with van der Waals surface area (Å²) in [6.45, 7) is 0.504. The lowest BCUT2D eigenvalue weighted by atomic mass is 10.1. The number of benzene rings is 2. The summed E-state index contributed by atoms with van der Waals surface area (Å²) in [6, 6.07) is 12.0. The Morgan fingerprint density at radius 2 is 1.94 bits per heavy atom. The van der Waals surface area contributed by atoms with Gasteiger partial charge in [-0.3, -0.25) is 0 Å². The molecular weight excluding hydrogens is 231 g/mol. The normalized spacial score (nSPS) is 10.3. The largest absolute Gasteiger partial charge is 0.397 e. The van der Waals surface area contributed by atoms with E-state index < -0.39 is 0 Å². The summed E-state index contributed by atoms with van der Waals surface area (Å²) in [5.41, 5.74) is 8.74. The van der Waals surface area contributed by atoms with Crippen LogP contribution in [0.15, 0.2) is 42.5 Å². The third-order valence-corrected chi connectivity index (χ3v) is 2.60. The number of methoxy groups -OCH3 is 1. The summed E-state index contributed by atoms with van der Waals surface area (Å²) in [5, 5.41) is 3.18. The maximum absolute atomic E-state index is 13.0. The zero-order chi connectivity index (χ0) is 13.0. The molecule has 0 saturated carbocycles. The fourth-order valence-corrected chi connectivity index (χ4v) is 1.72. The number of nitrogens with one attached hydrogen (secondary N) is 1. The molecule has 2 rings (SSSR count). The molecule has 0 aromatic heterocycles. The van der Waals surface area contributed by atoms with Gasteiger partial charge in [0.15, 0.2) is 0 Å². The molecule has 2 aromatic rings. The van der Waals surface area contributed by atoms with E-state index in [1.807, 2.05) is 24.3 Å². The van der Waals surface area contributed by atoms with Gasteiger partial charge in [0, 0.05) is 18.4 Å². The first-order valence-corrected chi connectivity index (χ1v) is 5.59. The van der Waals surface area contributed by atoms with Crippen molar-refractivity contribution in [1.29, 1.82) is 0 Å². The monoisotopic (exact) mass is 246 g/mol. The zero-order valence-corrected chi connectivity index (χ0v) is 10.1. The van der Waals surface area contributed by atoms with Gasteiger partial charge in [-0.05, 0) is 24.3 Å². The predicted molar refractivity (Wildman–Crippen MR) is 71.3 cm³/mol. The number of anilines is 3. The molecule has 0 atom stereocenters. The Kier molecular flexibility index (Phi) is 3.79. The molecule has 0 aliphatic rings. The summed E-state index contributed by atoms with van der Waals surface area (Å²) in [4.78, 5) is 0. The van der Waals surface area contributed by atoms with Crippen molar-refractivity contribution >= 4 is 17.1 Å². The lowest BCUT2D eigenvalue weighted by Gasteiger charge is -2.13. The molecule has 0 radical (unpaired) electrons. The van der Waals surface area contributed by atoms with Crippen LogP contribution < -0.4 is 11.1 Å². The standard InChI is InChI=1S/C14H15FN2O/c1-18-9-10-4-2-3-5-13(10)17-14-7-6-11(15)8-12(14)16/h2-8,17H,9,16H2,1H3. The van der Waals surface area contributed by atoms with E-state index in [1.165, 1.54) is 12.1 Å². The van der Waals surface area contributed by atoms with Crippen LogP contribution in [0.5, 0.6) is 0 Å².